The highest BCUT2D eigenvalue weighted by molar-refractivity contribution is 6.06. The summed E-state index contributed by atoms with van der Waals surface area (Å²) < 4.78 is 5.99. The number of hydrogen-bond donors (Lipinski definition) is 1. The van der Waals surface area contributed by atoms with E-state index in [0.717, 1.165) is 16.6 Å². The minimum Gasteiger partial charge on any atom is -0.369 e. The van der Waals surface area contributed by atoms with Crippen LogP contribution in [0.25, 0.3) is 10.9 Å². The third kappa shape index (κ3) is 5.15. The number of hydrogen-bond acceptors (Lipinski definition) is 5. The van der Waals surface area contributed by atoms with Gasteiger partial charge >= 0.3 is 0 Å². The van der Waals surface area contributed by atoms with Crippen LogP contribution in [0.1, 0.15) is 49.9 Å². The van der Waals surface area contributed by atoms with Crippen LogP contribution in [0.4, 0.5) is 0 Å². The number of rotatable bonds is 7. The van der Waals surface area contributed by atoms with E-state index in [-0.39, 0.29) is 24.0 Å². The van der Waals surface area contributed by atoms with Crippen LogP contribution in [0.3, 0.4) is 0 Å². The highest BCUT2D eigenvalue weighted by Crippen LogP contribution is 2.26. The molecule has 3 rings (SSSR count). The van der Waals surface area contributed by atoms with Crippen LogP contribution >= 0.6 is 0 Å². The molecule has 1 unspecified atom stereocenters. The number of ether oxygens (including phenoxy) is 1. The first-order chi connectivity index (χ1) is 14.4. The number of nitrogens with one attached hydrogen (secondary N) is 1. The van der Waals surface area contributed by atoms with Crippen molar-refractivity contribution in [1.82, 2.24) is 20.1 Å². The summed E-state index contributed by atoms with van der Waals surface area (Å²) in [5, 5.41) is 3.80. The second-order valence-electron chi connectivity index (χ2n) is 7.90. The Hall–Kier alpha value is -2.51. The quantitative estimate of drug-likeness (QED) is 0.757. The Morgan fingerprint density at radius 3 is 2.70 bits per heavy atom. The minimum absolute atomic E-state index is 0.0420. The van der Waals surface area contributed by atoms with Gasteiger partial charge in [0.25, 0.3) is 5.91 Å². The summed E-state index contributed by atoms with van der Waals surface area (Å²) in [6.07, 6.45) is -0.279. The molecular weight excluding hydrogens is 380 g/mol. The minimum atomic E-state index is -0.279. The largest absolute Gasteiger partial charge is 0.369 e. The molecule has 0 aliphatic carbocycles. The van der Waals surface area contributed by atoms with Crippen LogP contribution in [0, 0.1) is 0 Å². The number of likely N-dealkylation sites (N-methyl/N-ethyl adjacent to an activating group) is 1. The highest BCUT2D eigenvalue weighted by Gasteiger charge is 2.27. The second-order valence-corrected chi connectivity index (χ2v) is 7.90. The molecule has 2 amide bonds. The Bertz CT molecular complexity index is 895. The molecule has 1 atom stereocenters. The number of pyridine rings is 1. The Labute approximate surface area is 178 Å². The van der Waals surface area contributed by atoms with Crippen LogP contribution in [0.5, 0.6) is 0 Å². The first-order valence-corrected chi connectivity index (χ1v) is 10.7. The van der Waals surface area contributed by atoms with E-state index < -0.39 is 0 Å². The number of morpholine rings is 1. The lowest BCUT2D eigenvalue weighted by Gasteiger charge is -2.33. The van der Waals surface area contributed by atoms with Crippen LogP contribution in [-0.4, -0.2) is 72.0 Å². The Balaban J connectivity index is 1.85. The lowest BCUT2D eigenvalue weighted by Crippen LogP contribution is -2.45. The lowest BCUT2D eigenvalue weighted by atomic mass is 10.0. The van der Waals surface area contributed by atoms with Crippen molar-refractivity contribution in [3.63, 3.8) is 0 Å². The summed E-state index contributed by atoms with van der Waals surface area (Å²) in [6.45, 7) is 11.5. The van der Waals surface area contributed by atoms with Gasteiger partial charge in [-0.25, -0.2) is 4.98 Å². The normalized spacial score (nSPS) is 17.3. The van der Waals surface area contributed by atoms with Crippen LogP contribution in [-0.2, 0) is 9.53 Å². The predicted octanol–water partition coefficient (Wildman–Crippen LogP) is 2.61. The van der Waals surface area contributed by atoms with Gasteiger partial charge in [0.1, 0.15) is 6.10 Å². The Kier molecular flexibility index (Phi) is 7.39. The summed E-state index contributed by atoms with van der Waals surface area (Å²) in [7, 11) is 0. The van der Waals surface area contributed by atoms with E-state index >= 15 is 0 Å². The first-order valence-electron chi connectivity index (χ1n) is 10.7. The monoisotopic (exact) mass is 412 g/mol. The third-order valence-electron chi connectivity index (χ3n) is 5.36. The molecule has 7 nitrogen and oxygen atoms in total. The number of fused-ring (bicyclic) bond motifs is 1. The number of para-hydroxylation sites is 1. The molecule has 2 aromatic rings. The highest BCUT2D eigenvalue weighted by atomic mass is 16.5. The number of nitrogens with zero attached hydrogens (tertiary/aromatic N) is 3. The van der Waals surface area contributed by atoms with Crippen molar-refractivity contribution in [1.29, 1.82) is 0 Å². The van der Waals surface area contributed by atoms with E-state index in [9.17, 15) is 9.59 Å². The number of carbonyl (C=O) groups excluding carboxylic acids is 2. The molecule has 1 aromatic heterocycles. The fraction of sp³-hybridized carbons (Fsp3) is 0.522. The number of carbonyl (C=O) groups is 2. The second kappa shape index (κ2) is 10.00. The maximum Gasteiger partial charge on any atom is 0.252 e. The van der Waals surface area contributed by atoms with Gasteiger partial charge in [-0.1, -0.05) is 18.2 Å². The van der Waals surface area contributed by atoms with E-state index in [1.165, 1.54) is 0 Å². The molecule has 1 aliphatic rings. The molecule has 1 aromatic carbocycles. The molecule has 0 saturated carbocycles. The summed E-state index contributed by atoms with van der Waals surface area (Å²) in [4.78, 5) is 34.1. The predicted molar refractivity (Wildman–Crippen MR) is 117 cm³/mol. The number of amides is 2. The van der Waals surface area contributed by atoms with Crippen molar-refractivity contribution in [2.75, 3.05) is 39.3 Å². The molecule has 1 N–H and O–H groups in total. The van der Waals surface area contributed by atoms with E-state index in [4.69, 9.17) is 9.72 Å². The molecule has 7 heteroatoms. The number of benzene rings is 1. The van der Waals surface area contributed by atoms with Crippen molar-refractivity contribution >= 4 is 22.7 Å². The van der Waals surface area contributed by atoms with E-state index in [2.05, 4.69) is 10.2 Å². The Morgan fingerprint density at radius 1 is 1.27 bits per heavy atom. The maximum atomic E-state index is 12.8. The zero-order chi connectivity index (χ0) is 21.7. The molecule has 162 valence electrons. The average Bonchev–Trinajstić information content (AvgIpc) is 2.73. The lowest BCUT2D eigenvalue weighted by molar-refractivity contribution is -0.134. The standard InChI is InChI=1S/C23H32N4O3/c1-5-27(6-2)22(28)15-26-11-12-30-21(14-26)20-13-18(23(29)24-16(3)4)17-9-7-8-10-19(17)25-20/h7-10,13,16,21H,5-6,11-12,14-15H2,1-4H3,(H,24,29). The SMILES string of the molecule is CCN(CC)C(=O)CN1CCOC(c2cc(C(=O)NC(C)C)c3ccccc3n2)C1. The Morgan fingerprint density at radius 2 is 2.00 bits per heavy atom. The van der Waals surface area contributed by atoms with Gasteiger partial charge in [-0.2, -0.15) is 0 Å². The average molecular weight is 413 g/mol. The molecule has 1 aliphatic heterocycles. The van der Waals surface area contributed by atoms with Gasteiger partial charge in [0.05, 0.1) is 29.9 Å². The molecule has 1 fully saturated rings. The van der Waals surface area contributed by atoms with E-state index in [1.807, 2.05) is 62.9 Å². The van der Waals surface area contributed by atoms with Crippen molar-refractivity contribution < 1.29 is 14.3 Å². The molecule has 0 radical (unpaired) electrons. The van der Waals surface area contributed by atoms with Gasteiger partial charge in [0, 0.05) is 37.6 Å². The summed E-state index contributed by atoms with van der Waals surface area (Å²) in [5.74, 6) is 0.0124. The number of aromatic nitrogens is 1. The van der Waals surface area contributed by atoms with Gasteiger partial charge in [-0.15, -0.1) is 0 Å². The third-order valence-corrected chi connectivity index (χ3v) is 5.36. The molecular formula is C23H32N4O3. The summed E-state index contributed by atoms with van der Waals surface area (Å²) in [6, 6.07) is 9.53. The van der Waals surface area contributed by atoms with Crippen LogP contribution in [0.2, 0.25) is 0 Å². The molecule has 0 spiro atoms. The van der Waals surface area contributed by atoms with Crippen LogP contribution < -0.4 is 5.32 Å². The summed E-state index contributed by atoms with van der Waals surface area (Å²) in [5.41, 5.74) is 2.09. The van der Waals surface area contributed by atoms with Gasteiger partial charge in [0.2, 0.25) is 5.91 Å². The van der Waals surface area contributed by atoms with Gasteiger partial charge in [-0.05, 0) is 39.8 Å². The van der Waals surface area contributed by atoms with Crippen molar-refractivity contribution in [2.45, 2.75) is 39.8 Å². The van der Waals surface area contributed by atoms with Crippen LogP contribution in [0.15, 0.2) is 30.3 Å². The topological polar surface area (TPSA) is 74.8 Å². The fourth-order valence-corrected chi connectivity index (χ4v) is 3.78. The van der Waals surface area contributed by atoms with Crippen molar-refractivity contribution in [3.05, 3.63) is 41.6 Å². The summed E-state index contributed by atoms with van der Waals surface area (Å²) >= 11 is 0. The fourth-order valence-electron chi connectivity index (χ4n) is 3.78. The zero-order valence-corrected chi connectivity index (χ0v) is 18.4. The van der Waals surface area contributed by atoms with Gasteiger partial charge in [-0.3, -0.25) is 14.5 Å². The van der Waals surface area contributed by atoms with E-state index in [1.54, 1.807) is 0 Å². The molecule has 30 heavy (non-hydrogen) atoms. The van der Waals surface area contributed by atoms with Gasteiger partial charge < -0.3 is 15.0 Å². The van der Waals surface area contributed by atoms with Gasteiger partial charge in [0.15, 0.2) is 0 Å². The molecule has 2 heterocycles. The van der Waals surface area contributed by atoms with E-state index in [0.29, 0.717) is 44.9 Å². The first kappa shape index (κ1) is 22.2. The van der Waals surface area contributed by atoms with Crippen molar-refractivity contribution in [3.8, 4) is 0 Å². The zero-order valence-electron chi connectivity index (χ0n) is 18.4. The smallest absolute Gasteiger partial charge is 0.252 e. The molecule has 1 saturated heterocycles. The van der Waals surface area contributed by atoms with Crippen molar-refractivity contribution in [2.24, 2.45) is 0 Å². The maximum absolute atomic E-state index is 12.8. The molecule has 0 bridgehead atoms.